The van der Waals surface area contributed by atoms with Gasteiger partial charge in [0.25, 0.3) is 0 Å². The summed E-state index contributed by atoms with van der Waals surface area (Å²) in [5.41, 5.74) is 5.78. The van der Waals surface area contributed by atoms with E-state index >= 15 is 0 Å². The third-order valence-corrected chi connectivity index (χ3v) is 4.85. The fourth-order valence-corrected chi connectivity index (χ4v) is 3.78. The summed E-state index contributed by atoms with van der Waals surface area (Å²) in [6, 6.07) is 0.734. The largest absolute Gasteiger partial charge is 0.409 e. The molecule has 18 heavy (non-hydrogen) atoms. The monoisotopic (exact) mass is 253 g/mol. The molecule has 1 aliphatic heterocycles. The van der Waals surface area contributed by atoms with Crippen LogP contribution >= 0.6 is 0 Å². The fraction of sp³-hybridized carbons (Fsp3) is 0.929. The molecular formula is C14H27N3O. The molecular weight excluding hydrogens is 226 g/mol. The van der Waals surface area contributed by atoms with E-state index < -0.39 is 0 Å². The normalized spacial score (nSPS) is 35.6. The lowest BCUT2D eigenvalue weighted by molar-refractivity contribution is 0.0717. The van der Waals surface area contributed by atoms with Gasteiger partial charge in [-0.1, -0.05) is 31.3 Å². The molecule has 1 saturated carbocycles. The average molecular weight is 253 g/mol. The Hall–Kier alpha value is -0.770. The summed E-state index contributed by atoms with van der Waals surface area (Å²) in [7, 11) is 0. The topological polar surface area (TPSA) is 61.8 Å². The Bertz CT molecular complexity index is 293. The second-order valence-electron chi connectivity index (χ2n) is 5.88. The lowest BCUT2D eigenvalue weighted by Gasteiger charge is -2.43. The van der Waals surface area contributed by atoms with Crippen LogP contribution in [0.4, 0.5) is 0 Å². The van der Waals surface area contributed by atoms with Gasteiger partial charge in [-0.3, -0.25) is 4.90 Å². The Kier molecular flexibility index (Phi) is 4.87. The SMILES string of the molecule is CCC1CCCCC1N1CCCC(C(N)=NO)C1. The van der Waals surface area contributed by atoms with Crippen LogP contribution < -0.4 is 5.73 Å². The molecule has 0 aromatic heterocycles. The van der Waals surface area contributed by atoms with Gasteiger partial charge in [-0.2, -0.15) is 0 Å². The Morgan fingerprint density at radius 3 is 2.78 bits per heavy atom. The second kappa shape index (κ2) is 6.41. The predicted octanol–water partition coefficient (Wildman–Crippen LogP) is 2.41. The van der Waals surface area contributed by atoms with Crippen molar-refractivity contribution in [3.63, 3.8) is 0 Å². The molecule has 1 aliphatic carbocycles. The van der Waals surface area contributed by atoms with Gasteiger partial charge in [-0.05, 0) is 38.1 Å². The van der Waals surface area contributed by atoms with Crippen LogP contribution in [0.3, 0.4) is 0 Å². The third kappa shape index (κ3) is 2.97. The predicted molar refractivity (Wildman–Crippen MR) is 73.7 cm³/mol. The minimum Gasteiger partial charge on any atom is -0.409 e. The summed E-state index contributed by atoms with van der Waals surface area (Å²) in [6.07, 6.45) is 9.00. The number of hydrogen-bond acceptors (Lipinski definition) is 3. The quantitative estimate of drug-likeness (QED) is 0.351. The first-order chi connectivity index (χ1) is 8.76. The fourth-order valence-electron chi connectivity index (χ4n) is 3.78. The highest BCUT2D eigenvalue weighted by Gasteiger charge is 2.33. The van der Waals surface area contributed by atoms with Crippen LogP contribution in [0.15, 0.2) is 5.16 Å². The molecule has 0 aromatic rings. The maximum atomic E-state index is 8.83. The van der Waals surface area contributed by atoms with Crippen molar-refractivity contribution < 1.29 is 5.21 Å². The maximum Gasteiger partial charge on any atom is 0.143 e. The van der Waals surface area contributed by atoms with Crippen LogP contribution in [-0.2, 0) is 0 Å². The Morgan fingerprint density at radius 1 is 1.28 bits per heavy atom. The first kappa shape index (κ1) is 13.7. The molecule has 0 amide bonds. The molecule has 3 unspecified atom stereocenters. The van der Waals surface area contributed by atoms with Gasteiger partial charge in [0.15, 0.2) is 0 Å². The summed E-state index contributed by atoms with van der Waals surface area (Å²) in [4.78, 5) is 2.61. The van der Waals surface area contributed by atoms with Gasteiger partial charge in [0.05, 0.1) is 0 Å². The zero-order valence-electron chi connectivity index (χ0n) is 11.5. The molecule has 0 aromatic carbocycles. The molecule has 3 N–H and O–H groups in total. The molecule has 2 rings (SSSR count). The van der Waals surface area contributed by atoms with E-state index in [9.17, 15) is 0 Å². The molecule has 2 fully saturated rings. The van der Waals surface area contributed by atoms with E-state index in [-0.39, 0.29) is 5.92 Å². The zero-order valence-corrected chi connectivity index (χ0v) is 11.5. The number of likely N-dealkylation sites (tertiary alicyclic amines) is 1. The van der Waals surface area contributed by atoms with Gasteiger partial charge in [0.2, 0.25) is 0 Å². The van der Waals surface area contributed by atoms with E-state index in [4.69, 9.17) is 10.9 Å². The van der Waals surface area contributed by atoms with Crippen LogP contribution in [0.2, 0.25) is 0 Å². The lowest BCUT2D eigenvalue weighted by atomic mass is 9.80. The first-order valence-corrected chi connectivity index (χ1v) is 7.47. The summed E-state index contributed by atoms with van der Waals surface area (Å²) in [6.45, 7) is 4.49. The summed E-state index contributed by atoms with van der Waals surface area (Å²) < 4.78 is 0. The van der Waals surface area contributed by atoms with Crippen molar-refractivity contribution in [2.75, 3.05) is 13.1 Å². The summed E-state index contributed by atoms with van der Waals surface area (Å²) >= 11 is 0. The van der Waals surface area contributed by atoms with Crippen molar-refractivity contribution in [2.24, 2.45) is 22.7 Å². The maximum absolute atomic E-state index is 8.83. The van der Waals surface area contributed by atoms with Crippen molar-refractivity contribution in [1.82, 2.24) is 4.90 Å². The first-order valence-electron chi connectivity index (χ1n) is 7.47. The molecule has 0 spiro atoms. The van der Waals surface area contributed by atoms with Crippen LogP contribution in [-0.4, -0.2) is 35.1 Å². The van der Waals surface area contributed by atoms with Gasteiger partial charge in [0, 0.05) is 18.5 Å². The van der Waals surface area contributed by atoms with E-state index in [0.29, 0.717) is 5.84 Å². The van der Waals surface area contributed by atoms with E-state index in [1.165, 1.54) is 45.1 Å². The molecule has 4 heteroatoms. The van der Waals surface area contributed by atoms with E-state index in [0.717, 1.165) is 24.9 Å². The molecule has 1 saturated heterocycles. The molecule has 104 valence electrons. The molecule has 1 heterocycles. The van der Waals surface area contributed by atoms with Crippen LogP contribution in [0.25, 0.3) is 0 Å². The van der Waals surface area contributed by atoms with E-state index in [1.807, 2.05) is 0 Å². The molecule has 3 atom stereocenters. The van der Waals surface area contributed by atoms with Gasteiger partial charge in [-0.15, -0.1) is 0 Å². The Balaban J connectivity index is 1.98. The van der Waals surface area contributed by atoms with Gasteiger partial charge in [-0.25, -0.2) is 0 Å². The number of piperidine rings is 1. The number of nitrogens with zero attached hydrogens (tertiary/aromatic N) is 2. The molecule has 0 radical (unpaired) electrons. The highest BCUT2D eigenvalue weighted by Crippen LogP contribution is 2.33. The summed E-state index contributed by atoms with van der Waals surface area (Å²) in [5.74, 6) is 1.52. The highest BCUT2D eigenvalue weighted by atomic mass is 16.4. The number of hydrogen-bond donors (Lipinski definition) is 2. The number of nitrogens with two attached hydrogens (primary N) is 1. The van der Waals surface area contributed by atoms with Crippen molar-refractivity contribution in [3.8, 4) is 0 Å². The van der Waals surface area contributed by atoms with Crippen molar-refractivity contribution in [3.05, 3.63) is 0 Å². The minimum atomic E-state index is 0.253. The molecule has 4 nitrogen and oxygen atoms in total. The number of rotatable bonds is 3. The van der Waals surface area contributed by atoms with Crippen LogP contribution in [0.1, 0.15) is 51.9 Å². The van der Waals surface area contributed by atoms with Crippen LogP contribution in [0.5, 0.6) is 0 Å². The van der Waals surface area contributed by atoms with E-state index in [2.05, 4.69) is 17.0 Å². The van der Waals surface area contributed by atoms with Crippen molar-refractivity contribution >= 4 is 5.84 Å². The van der Waals surface area contributed by atoms with Gasteiger partial charge in [0.1, 0.15) is 5.84 Å². The second-order valence-corrected chi connectivity index (χ2v) is 5.88. The third-order valence-electron chi connectivity index (χ3n) is 4.85. The molecule has 0 bridgehead atoms. The van der Waals surface area contributed by atoms with Gasteiger partial charge < -0.3 is 10.9 Å². The Labute approximate surface area is 110 Å². The van der Waals surface area contributed by atoms with E-state index in [1.54, 1.807) is 0 Å². The average Bonchev–Trinajstić information content (AvgIpc) is 2.46. The number of oxime groups is 1. The number of amidine groups is 1. The van der Waals surface area contributed by atoms with Crippen molar-refractivity contribution in [2.45, 2.75) is 57.9 Å². The van der Waals surface area contributed by atoms with Crippen LogP contribution in [0, 0.1) is 11.8 Å². The standard InChI is InChI=1S/C14H27N3O/c1-2-11-6-3-4-8-13(11)17-9-5-7-12(10-17)14(15)16-18/h11-13,18H,2-10H2,1H3,(H2,15,16). The van der Waals surface area contributed by atoms with Gasteiger partial charge >= 0.3 is 0 Å². The smallest absolute Gasteiger partial charge is 0.143 e. The lowest BCUT2D eigenvalue weighted by Crippen LogP contribution is -2.49. The summed E-state index contributed by atoms with van der Waals surface area (Å²) in [5, 5.41) is 12.0. The Morgan fingerprint density at radius 2 is 2.06 bits per heavy atom. The molecule has 2 aliphatic rings. The zero-order chi connectivity index (χ0) is 13.0. The highest BCUT2D eigenvalue weighted by molar-refractivity contribution is 5.82. The van der Waals surface area contributed by atoms with Crippen molar-refractivity contribution in [1.29, 1.82) is 0 Å². The minimum absolute atomic E-state index is 0.253.